The number of carbonyl (C=O) groups is 1. The summed E-state index contributed by atoms with van der Waals surface area (Å²) in [6, 6.07) is -0.624. The molecule has 2 atom stereocenters. The van der Waals surface area contributed by atoms with E-state index in [9.17, 15) is 15.0 Å². The Morgan fingerprint density at radius 1 is 0.329 bits per heavy atom. The van der Waals surface area contributed by atoms with Crippen molar-refractivity contribution >= 4 is 5.91 Å². The van der Waals surface area contributed by atoms with E-state index < -0.39 is 12.1 Å². The van der Waals surface area contributed by atoms with Crippen LogP contribution in [0.15, 0.2) is 60.8 Å². The summed E-state index contributed by atoms with van der Waals surface area (Å²) in [6.07, 6.45) is 95.9. The van der Waals surface area contributed by atoms with E-state index in [4.69, 9.17) is 0 Å². The first kappa shape index (κ1) is 74.1. The van der Waals surface area contributed by atoms with Gasteiger partial charge in [-0.3, -0.25) is 4.79 Å². The van der Waals surface area contributed by atoms with E-state index >= 15 is 0 Å². The highest BCUT2D eigenvalue weighted by Gasteiger charge is 2.18. The molecular weight excluding hydrogens is 927 g/mol. The maximum atomic E-state index is 12.5. The molecule has 76 heavy (non-hydrogen) atoms. The number of aliphatic hydroxyl groups is 2. The highest BCUT2D eigenvalue weighted by Crippen LogP contribution is 2.19. The Hall–Kier alpha value is -1.91. The third-order valence-electron chi connectivity index (χ3n) is 16.0. The van der Waals surface area contributed by atoms with Crippen molar-refractivity contribution < 1.29 is 15.0 Å². The average Bonchev–Trinajstić information content (AvgIpc) is 3.42. The number of rotatable bonds is 64. The Morgan fingerprint density at radius 3 is 0.868 bits per heavy atom. The van der Waals surface area contributed by atoms with Gasteiger partial charge in [-0.15, -0.1) is 0 Å². The lowest BCUT2D eigenvalue weighted by Gasteiger charge is -2.20. The number of unbranched alkanes of at least 4 members (excludes halogenated alkanes) is 49. The molecule has 0 bridgehead atoms. The van der Waals surface area contributed by atoms with Gasteiger partial charge in [0.15, 0.2) is 0 Å². The lowest BCUT2D eigenvalue weighted by atomic mass is 10.0. The third kappa shape index (κ3) is 62.9. The van der Waals surface area contributed by atoms with Crippen molar-refractivity contribution in [3.05, 3.63) is 60.8 Å². The number of hydrogen-bond acceptors (Lipinski definition) is 3. The van der Waals surface area contributed by atoms with E-state index in [0.717, 1.165) is 51.4 Å². The molecule has 0 aromatic carbocycles. The summed E-state index contributed by atoms with van der Waals surface area (Å²) in [5.74, 6) is -0.0570. The van der Waals surface area contributed by atoms with Crippen molar-refractivity contribution in [2.24, 2.45) is 0 Å². The van der Waals surface area contributed by atoms with Gasteiger partial charge in [-0.05, 0) is 57.8 Å². The number of amides is 1. The van der Waals surface area contributed by atoms with Crippen LogP contribution in [0.3, 0.4) is 0 Å². The van der Waals surface area contributed by atoms with Crippen LogP contribution in [0.5, 0.6) is 0 Å². The van der Waals surface area contributed by atoms with Gasteiger partial charge in [-0.25, -0.2) is 0 Å². The van der Waals surface area contributed by atoms with Crippen LogP contribution in [0, 0.1) is 0 Å². The Bertz CT molecular complexity index is 1250. The molecule has 0 aliphatic carbocycles. The molecule has 1 amide bonds. The first-order chi connectivity index (χ1) is 37.7. The summed E-state index contributed by atoms with van der Waals surface area (Å²) >= 11 is 0. The number of nitrogens with one attached hydrogen (secondary N) is 1. The Kier molecular flexibility index (Phi) is 65.7. The predicted molar refractivity (Wildman–Crippen MR) is 341 cm³/mol. The van der Waals surface area contributed by atoms with Gasteiger partial charge in [0.2, 0.25) is 5.91 Å². The molecule has 0 rings (SSSR count). The maximum absolute atomic E-state index is 12.5. The molecule has 0 aromatic rings. The zero-order valence-corrected chi connectivity index (χ0v) is 51.5. The van der Waals surface area contributed by atoms with Crippen LogP contribution in [0.25, 0.3) is 0 Å². The fraction of sp³-hybridized carbons (Fsp3) is 0.847. The van der Waals surface area contributed by atoms with Crippen LogP contribution in [0.1, 0.15) is 373 Å². The van der Waals surface area contributed by atoms with Crippen molar-refractivity contribution in [3.8, 4) is 0 Å². The van der Waals surface area contributed by atoms with Crippen molar-refractivity contribution in [2.45, 2.75) is 386 Å². The minimum absolute atomic E-state index is 0.0570. The van der Waals surface area contributed by atoms with Crippen molar-refractivity contribution in [1.82, 2.24) is 5.32 Å². The molecule has 4 nitrogen and oxygen atoms in total. The number of carbonyl (C=O) groups excluding carboxylic acids is 1. The smallest absolute Gasteiger partial charge is 0.220 e. The lowest BCUT2D eigenvalue weighted by molar-refractivity contribution is -0.123. The molecule has 0 aliphatic rings. The van der Waals surface area contributed by atoms with Gasteiger partial charge in [-0.2, -0.15) is 0 Å². The summed E-state index contributed by atoms with van der Waals surface area (Å²) < 4.78 is 0. The second-order valence-electron chi connectivity index (χ2n) is 23.6. The number of allylic oxidation sites excluding steroid dienone is 9. The Morgan fingerprint density at radius 2 is 0.579 bits per heavy atom. The fourth-order valence-electron chi connectivity index (χ4n) is 10.8. The van der Waals surface area contributed by atoms with Gasteiger partial charge in [0.25, 0.3) is 0 Å². The van der Waals surface area contributed by atoms with Crippen LogP contribution in [-0.2, 0) is 4.79 Å². The van der Waals surface area contributed by atoms with E-state index in [1.807, 2.05) is 6.08 Å². The van der Waals surface area contributed by atoms with Gasteiger partial charge >= 0.3 is 0 Å². The monoisotopic (exact) mass is 1060 g/mol. The molecule has 0 aliphatic heterocycles. The topological polar surface area (TPSA) is 69.6 Å². The van der Waals surface area contributed by atoms with Crippen LogP contribution in [-0.4, -0.2) is 34.9 Å². The van der Waals surface area contributed by atoms with E-state index in [1.165, 1.54) is 302 Å². The molecule has 2 unspecified atom stereocenters. The molecular formula is C72H135NO3. The van der Waals surface area contributed by atoms with Crippen molar-refractivity contribution in [3.63, 3.8) is 0 Å². The first-order valence-electron chi connectivity index (χ1n) is 34.5. The quantitative estimate of drug-likeness (QED) is 0.0420. The van der Waals surface area contributed by atoms with Crippen molar-refractivity contribution in [2.75, 3.05) is 6.61 Å². The van der Waals surface area contributed by atoms with E-state index in [-0.39, 0.29) is 12.5 Å². The van der Waals surface area contributed by atoms with Crippen molar-refractivity contribution in [1.29, 1.82) is 0 Å². The second-order valence-corrected chi connectivity index (χ2v) is 23.6. The molecule has 0 saturated carbocycles. The van der Waals surface area contributed by atoms with E-state index in [2.05, 4.69) is 67.8 Å². The minimum atomic E-state index is -0.841. The highest BCUT2D eigenvalue weighted by atomic mass is 16.3. The number of aliphatic hydroxyl groups excluding tert-OH is 2. The van der Waals surface area contributed by atoms with Crippen LogP contribution >= 0.6 is 0 Å². The molecule has 0 heterocycles. The number of hydrogen-bond donors (Lipinski definition) is 3. The minimum Gasteiger partial charge on any atom is -0.394 e. The molecule has 4 heteroatoms. The van der Waals surface area contributed by atoms with Gasteiger partial charge in [0.1, 0.15) is 0 Å². The molecule has 3 N–H and O–H groups in total. The van der Waals surface area contributed by atoms with Crippen LogP contribution in [0.2, 0.25) is 0 Å². The first-order valence-corrected chi connectivity index (χ1v) is 34.5. The Labute approximate surface area is 477 Å². The van der Waals surface area contributed by atoms with Gasteiger partial charge < -0.3 is 15.5 Å². The van der Waals surface area contributed by atoms with Crippen LogP contribution in [0.4, 0.5) is 0 Å². The molecule has 446 valence electrons. The van der Waals surface area contributed by atoms with Gasteiger partial charge in [0, 0.05) is 6.42 Å². The predicted octanol–water partition coefficient (Wildman–Crippen LogP) is 23.5. The zero-order chi connectivity index (χ0) is 54.8. The summed E-state index contributed by atoms with van der Waals surface area (Å²) in [5, 5.41) is 23.3. The Balaban J connectivity index is 3.42. The molecule has 0 fully saturated rings. The molecule has 0 spiro atoms. The fourth-order valence-corrected chi connectivity index (χ4v) is 10.8. The maximum Gasteiger partial charge on any atom is 0.220 e. The van der Waals surface area contributed by atoms with Gasteiger partial charge in [0.05, 0.1) is 18.8 Å². The molecule has 0 radical (unpaired) electrons. The lowest BCUT2D eigenvalue weighted by Crippen LogP contribution is -2.45. The SMILES string of the molecule is CC/C=C\C/C=C\C/C=C\C/C=C\CCCCCCCCCCCCCCCCCCCCCCCCC(=O)NC(CO)C(O)/C=C/CCCCCCCCCCCCCCCCCCCCCCCCCCCCC. The third-order valence-corrected chi connectivity index (χ3v) is 16.0. The standard InChI is InChI=1S/C72H135NO3/c1-3-5-7-9-11-13-15-17-19-21-23-25-27-29-31-33-34-35-36-37-38-40-42-44-46-48-50-52-54-56-58-60-62-64-66-68-72(76)73-70(69-74)71(75)67-65-63-61-59-57-55-53-51-49-47-45-43-41-39-32-30-28-26-24-22-20-18-16-14-12-10-8-6-4-2/h5,7,11,13,17,19,23,25,65,67,70-71,74-75H,3-4,6,8-10,12,14-16,18,20-22,24,26-64,66,68-69H2,1-2H3,(H,73,76)/b7-5-,13-11-,19-17-,25-23-,67-65+. The van der Waals surface area contributed by atoms with Gasteiger partial charge in [-0.1, -0.05) is 370 Å². The largest absolute Gasteiger partial charge is 0.394 e. The average molecular weight is 1060 g/mol. The molecule has 0 saturated heterocycles. The summed E-state index contributed by atoms with van der Waals surface area (Å²) in [7, 11) is 0. The van der Waals surface area contributed by atoms with Crippen LogP contribution < -0.4 is 5.32 Å². The second kappa shape index (κ2) is 67.4. The normalized spacial score (nSPS) is 13.1. The highest BCUT2D eigenvalue weighted by molar-refractivity contribution is 5.76. The summed E-state index contributed by atoms with van der Waals surface area (Å²) in [5.41, 5.74) is 0. The molecule has 0 aromatic heterocycles. The van der Waals surface area contributed by atoms with E-state index in [0.29, 0.717) is 6.42 Å². The van der Waals surface area contributed by atoms with E-state index in [1.54, 1.807) is 6.08 Å². The summed E-state index contributed by atoms with van der Waals surface area (Å²) in [4.78, 5) is 12.5. The summed E-state index contributed by atoms with van der Waals surface area (Å²) in [6.45, 7) is 4.24. The zero-order valence-electron chi connectivity index (χ0n) is 51.5.